The summed E-state index contributed by atoms with van der Waals surface area (Å²) in [7, 11) is 0. The Morgan fingerprint density at radius 1 is 0.833 bits per heavy atom. The summed E-state index contributed by atoms with van der Waals surface area (Å²) in [5.41, 5.74) is 0.00469. The molecule has 0 saturated heterocycles. The van der Waals surface area contributed by atoms with Crippen LogP contribution in [0.1, 0.15) is 0 Å². The molecule has 0 aliphatic carbocycles. The van der Waals surface area contributed by atoms with E-state index in [1.165, 1.54) is 0 Å². The first-order valence-electron chi connectivity index (χ1n) is 4.22. The monoisotopic (exact) mass is 339 g/mol. The molecule has 8 heteroatoms. The van der Waals surface area contributed by atoms with Gasteiger partial charge >= 0.3 is 0 Å². The van der Waals surface area contributed by atoms with Crippen molar-refractivity contribution in [1.29, 1.82) is 10.5 Å². The maximum Gasteiger partial charge on any atom is 0.145 e. The molecular formula is C10H2Cl5N3. The van der Waals surface area contributed by atoms with Crippen LogP contribution < -0.4 is 5.32 Å². The Balaban J connectivity index is 3.33. The third-order valence-electron chi connectivity index (χ3n) is 1.81. The van der Waals surface area contributed by atoms with Crippen molar-refractivity contribution in [2.45, 2.75) is 0 Å². The number of allylic oxidation sites excluding steroid dienone is 1. The Kier molecular flexibility index (Phi) is 5.41. The number of hydrogen-bond donors (Lipinski definition) is 1. The van der Waals surface area contributed by atoms with Crippen molar-refractivity contribution in [3.05, 3.63) is 36.9 Å². The van der Waals surface area contributed by atoms with Crippen LogP contribution in [0.15, 0.2) is 11.8 Å². The van der Waals surface area contributed by atoms with Gasteiger partial charge in [-0.15, -0.1) is 0 Å². The van der Waals surface area contributed by atoms with Gasteiger partial charge in [0, 0.05) is 6.20 Å². The van der Waals surface area contributed by atoms with Gasteiger partial charge in [-0.2, -0.15) is 10.5 Å². The van der Waals surface area contributed by atoms with Gasteiger partial charge in [-0.1, -0.05) is 58.0 Å². The zero-order valence-corrected chi connectivity index (χ0v) is 12.1. The molecule has 1 N–H and O–H groups in total. The summed E-state index contributed by atoms with van der Waals surface area (Å²) < 4.78 is 0. The Hall–Kier alpha value is -0.810. The highest BCUT2D eigenvalue weighted by Gasteiger charge is 2.18. The molecule has 18 heavy (non-hydrogen) atoms. The first-order chi connectivity index (χ1) is 8.43. The van der Waals surface area contributed by atoms with Crippen molar-refractivity contribution in [2.75, 3.05) is 5.32 Å². The van der Waals surface area contributed by atoms with Crippen molar-refractivity contribution < 1.29 is 0 Å². The molecule has 1 aromatic carbocycles. The Bertz CT molecular complexity index is 564. The Morgan fingerprint density at radius 2 is 1.22 bits per heavy atom. The number of anilines is 1. The van der Waals surface area contributed by atoms with Gasteiger partial charge in [0.25, 0.3) is 0 Å². The minimum absolute atomic E-state index is 0.0269. The van der Waals surface area contributed by atoms with Crippen LogP contribution in [0.25, 0.3) is 0 Å². The molecule has 1 rings (SSSR count). The molecule has 0 saturated carbocycles. The Labute approximate surface area is 128 Å². The van der Waals surface area contributed by atoms with Gasteiger partial charge in [0.05, 0.1) is 30.8 Å². The SMILES string of the molecule is N#CC(C#N)=CNc1c(Cl)c(Cl)c(Cl)c(Cl)c1Cl. The lowest BCUT2D eigenvalue weighted by molar-refractivity contribution is 1.44. The summed E-state index contributed by atoms with van der Waals surface area (Å²) in [6.07, 6.45) is 1.13. The predicted molar refractivity (Wildman–Crippen MR) is 74.4 cm³/mol. The molecule has 0 aliphatic rings. The molecule has 0 aromatic heterocycles. The lowest BCUT2D eigenvalue weighted by atomic mass is 10.3. The molecule has 0 amide bonds. The van der Waals surface area contributed by atoms with Gasteiger partial charge in [-0.3, -0.25) is 0 Å². The van der Waals surface area contributed by atoms with Crippen molar-refractivity contribution in [1.82, 2.24) is 0 Å². The second-order valence-electron chi connectivity index (χ2n) is 2.87. The first kappa shape index (κ1) is 15.2. The van der Waals surface area contributed by atoms with E-state index in [0.717, 1.165) is 6.20 Å². The number of halogens is 5. The third kappa shape index (κ3) is 2.95. The zero-order chi connectivity index (χ0) is 13.9. The number of rotatable bonds is 2. The number of nitrogens with one attached hydrogen (secondary N) is 1. The van der Waals surface area contributed by atoms with E-state index in [-0.39, 0.29) is 36.4 Å². The van der Waals surface area contributed by atoms with E-state index in [0.29, 0.717) is 0 Å². The van der Waals surface area contributed by atoms with Gasteiger partial charge in [-0.05, 0) is 0 Å². The minimum atomic E-state index is -0.163. The summed E-state index contributed by atoms with van der Waals surface area (Å²) >= 11 is 29.3. The van der Waals surface area contributed by atoms with Crippen LogP contribution in [-0.4, -0.2) is 0 Å². The second kappa shape index (κ2) is 6.38. The topological polar surface area (TPSA) is 59.6 Å². The predicted octanol–water partition coefficient (Wildman–Crippen LogP) is 5.30. The maximum atomic E-state index is 8.58. The summed E-state index contributed by atoms with van der Waals surface area (Å²) in [6, 6.07) is 3.32. The highest BCUT2D eigenvalue weighted by atomic mass is 35.5. The molecule has 1 aromatic rings. The lowest BCUT2D eigenvalue weighted by Gasteiger charge is -2.11. The van der Waals surface area contributed by atoms with Crippen LogP contribution in [0, 0.1) is 22.7 Å². The average Bonchev–Trinajstić information content (AvgIpc) is 2.38. The summed E-state index contributed by atoms with van der Waals surface area (Å²) in [6.45, 7) is 0. The van der Waals surface area contributed by atoms with E-state index in [9.17, 15) is 0 Å². The lowest BCUT2D eigenvalue weighted by Crippen LogP contribution is -1.94. The van der Waals surface area contributed by atoms with Crippen molar-refractivity contribution in [2.24, 2.45) is 0 Å². The van der Waals surface area contributed by atoms with Gasteiger partial charge in [0.15, 0.2) is 0 Å². The fourth-order valence-electron chi connectivity index (χ4n) is 0.966. The molecular weight excluding hydrogens is 339 g/mol. The van der Waals surface area contributed by atoms with E-state index in [4.69, 9.17) is 68.5 Å². The van der Waals surface area contributed by atoms with Crippen LogP contribution in [0.3, 0.4) is 0 Å². The molecule has 0 aliphatic heterocycles. The fourth-order valence-corrected chi connectivity index (χ4v) is 2.21. The maximum absolute atomic E-state index is 8.58. The summed E-state index contributed by atoms with van der Waals surface area (Å²) in [4.78, 5) is 0. The number of hydrogen-bond acceptors (Lipinski definition) is 3. The van der Waals surface area contributed by atoms with E-state index >= 15 is 0 Å². The van der Waals surface area contributed by atoms with E-state index in [1.54, 1.807) is 12.1 Å². The van der Waals surface area contributed by atoms with E-state index in [1.807, 2.05) is 0 Å². The number of nitriles is 2. The summed E-state index contributed by atoms with van der Waals surface area (Å²) in [5, 5.41) is 19.9. The van der Waals surface area contributed by atoms with Crippen LogP contribution in [0.5, 0.6) is 0 Å². The van der Waals surface area contributed by atoms with Gasteiger partial charge < -0.3 is 5.32 Å². The molecule has 0 spiro atoms. The van der Waals surface area contributed by atoms with Gasteiger partial charge in [0.1, 0.15) is 17.7 Å². The third-order valence-corrected chi connectivity index (χ3v) is 4.09. The van der Waals surface area contributed by atoms with E-state index in [2.05, 4.69) is 5.32 Å². The molecule has 0 unspecified atom stereocenters. The van der Waals surface area contributed by atoms with Crippen LogP contribution in [0.2, 0.25) is 25.1 Å². The molecule has 3 nitrogen and oxygen atoms in total. The molecule has 0 atom stereocenters. The first-order valence-corrected chi connectivity index (χ1v) is 6.11. The molecule has 0 heterocycles. The number of benzene rings is 1. The van der Waals surface area contributed by atoms with Crippen molar-refractivity contribution in [3.63, 3.8) is 0 Å². The normalized spacial score (nSPS) is 9.28. The average molecular weight is 341 g/mol. The standard InChI is InChI=1S/C10H2Cl5N3/c11-5-6(12)8(14)10(9(15)7(5)13)18-3-4(1-16)2-17/h3,18H. The van der Waals surface area contributed by atoms with Crippen molar-refractivity contribution >= 4 is 63.7 Å². The minimum Gasteiger partial charge on any atom is -0.357 e. The Morgan fingerprint density at radius 3 is 1.61 bits per heavy atom. The largest absolute Gasteiger partial charge is 0.357 e. The molecule has 92 valence electrons. The molecule has 0 bridgehead atoms. The smallest absolute Gasteiger partial charge is 0.145 e. The van der Waals surface area contributed by atoms with Crippen LogP contribution in [0.4, 0.5) is 5.69 Å². The van der Waals surface area contributed by atoms with Crippen LogP contribution in [-0.2, 0) is 0 Å². The van der Waals surface area contributed by atoms with Gasteiger partial charge in [-0.25, -0.2) is 0 Å². The van der Waals surface area contributed by atoms with Crippen molar-refractivity contribution in [3.8, 4) is 12.1 Å². The molecule has 0 radical (unpaired) electrons. The quantitative estimate of drug-likeness (QED) is 0.451. The van der Waals surface area contributed by atoms with Gasteiger partial charge in [0.2, 0.25) is 0 Å². The second-order valence-corrected chi connectivity index (χ2v) is 4.76. The highest BCUT2D eigenvalue weighted by molar-refractivity contribution is 6.56. The zero-order valence-electron chi connectivity index (χ0n) is 8.36. The summed E-state index contributed by atoms with van der Waals surface area (Å²) in [5.74, 6) is 0. The van der Waals surface area contributed by atoms with E-state index < -0.39 is 0 Å². The number of nitrogens with zero attached hydrogens (tertiary/aromatic N) is 2. The highest BCUT2D eigenvalue weighted by Crippen LogP contribution is 2.46. The molecule has 0 fully saturated rings. The van der Waals surface area contributed by atoms with Crippen LogP contribution >= 0.6 is 58.0 Å². The fraction of sp³-hybridized carbons (Fsp3) is 0.